The Hall–Kier alpha value is -0.620. The Balaban J connectivity index is 3.04. The molecular weight excluding hydrogens is 259 g/mol. The van der Waals surface area contributed by atoms with Crippen LogP contribution in [0, 0.1) is 0 Å². The third-order valence-electron chi connectivity index (χ3n) is 2.99. The van der Waals surface area contributed by atoms with Crippen LogP contribution in [-0.2, 0) is 18.8 Å². The van der Waals surface area contributed by atoms with Crippen LogP contribution < -0.4 is 0 Å². The summed E-state index contributed by atoms with van der Waals surface area (Å²) < 4.78 is 23.1. The normalized spacial score (nSPS) is 29.2. The third kappa shape index (κ3) is 2.54. The number of hydrogen-bond donors (Lipinski definition) is 0. The van der Waals surface area contributed by atoms with Crippen LogP contribution >= 0.6 is 7.60 Å². The van der Waals surface area contributed by atoms with E-state index in [1.807, 2.05) is 0 Å². The minimum atomic E-state index is -3.57. The van der Waals surface area contributed by atoms with Gasteiger partial charge >= 0.3 is 7.60 Å². The third-order valence-corrected chi connectivity index (χ3v) is 5.79. The number of nitrogens with zero attached hydrogens (tertiary/aromatic N) is 4. The number of azide groups is 1. The summed E-state index contributed by atoms with van der Waals surface area (Å²) in [6.45, 7) is 5.27. The highest BCUT2D eigenvalue weighted by Gasteiger charge is 2.57. The summed E-state index contributed by atoms with van der Waals surface area (Å²) in [7, 11) is -3.57. The van der Waals surface area contributed by atoms with Crippen molar-refractivity contribution >= 4 is 7.60 Å². The van der Waals surface area contributed by atoms with Crippen LogP contribution in [0.15, 0.2) is 5.11 Å². The molecule has 18 heavy (non-hydrogen) atoms. The van der Waals surface area contributed by atoms with E-state index in [1.165, 1.54) is 6.92 Å². The van der Waals surface area contributed by atoms with E-state index in [2.05, 4.69) is 10.0 Å². The van der Waals surface area contributed by atoms with E-state index < -0.39 is 19.0 Å². The molecule has 9 heteroatoms. The Labute approximate surface area is 106 Å². The molecule has 0 amide bonds. The van der Waals surface area contributed by atoms with Gasteiger partial charge in [-0.1, -0.05) is 5.11 Å². The highest BCUT2D eigenvalue weighted by Crippen LogP contribution is 2.65. The predicted octanol–water partition coefficient (Wildman–Crippen LogP) is 3.05. The highest BCUT2D eigenvalue weighted by molar-refractivity contribution is 7.55. The molecule has 103 valence electrons. The fourth-order valence-corrected chi connectivity index (χ4v) is 4.12. The SMILES string of the molecule is CCOP(=O)(OCC)C1(C)CCC(N=[N+]=[N-])N1[O]. The summed E-state index contributed by atoms with van der Waals surface area (Å²) in [5.41, 5.74) is 8.39. The van der Waals surface area contributed by atoms with Gasteiger partial charge < -0.3 is 9.05 Å². The Kier molecular flexibility index (Phi) is 5.16. The smallest absolute Gasteiger partial charge is 0.308 e. The monoisotopic (exact) mass is 277 g/mol. The maximum Gasteiger partial charge on any atom is 0.352 e. The standard InChI is InChI=1S/C9H18N4O4P/c1-4-16-18(15,17-5-2)9(3)7-6-8(11-12-10)13(9)14/h8H,4-7H2,1-3H3. The molecule has 1 rings (SSSR count). The van der Waals surface area contributed by atoms with E-state index in [9.17, 15) is 9.77 Å². The zero-order valence-corrected chi connectivity index (χ0v) is 11.7. The van der Waals surface area contributed by atoms with Crippen molar-refractivity contribution < 1.29 is 18.8 Å². The van der Waals surface area contributed by atoms with Crippen molar-refractivity contribution in [3.63, 3.8) is 0 Å². The molecule has 0 aromatic carbocycles. The Morgan fingerprint density at radius 3 is 2.50 bits per heavy atom. The molecule has 1 radical (unpaired) electrons. The molecule has 0 aromatic rings. The Morgan fingerprint density at radius 2 is 2.06 bits per heavy atom. The zero-order chi connectivity index (χ0) is 13.8. The van der Waals surface area contributed by atoms with Crippen molar-refractivity contribution in [2.75, 3.05) is 13.2 Å². The molecule has 8 nitrogen and oxygen atoms in total. The first-order chi connectivity index (χ1) is 8.45. The van der Waals surface area contributed by atoms with Crippen LogP contribution in [0.1, 0.15) is 33.6 Å². The molecule has 1 aliphatic heterocycles. The van der Waals surface area contributed by atoms with Crippen LogP contribution in [0.25, 0.3) is 10.4 Å². The molecule has 0 N–H and O–H groups in total. The van der Waals surface area contributed by atoms with Gasteiger partial charge in [-0.2, -0.15) is 0 Å². The summed E-state index contributed by atoms with van der Waals surface area (Å²) in [5.74, 6) is 0. The largest absolute Gasteiger partial charge is 0.352 e. The van der Waals surface area contributed by atoms with Gasteiger partial charge in [0.1, 0.15) is 11.4 Å². The Morgan fingerprint density at radius 1 is 1.50 bits per heavy atom. The molecule has 0 aliphatic carbocycles. The lowest BCUT2D eigenvalue weighted by Gasteiger charge is -2.35. The molecule has 1 aliphatic rings. The maximum absolute atomic E-state index is 12.7. The second kappa shape index (κ2) is 6.02. The van der Waals surface area contributed by atoms with Gasteiger partial charge in [0.05, 0.1) is 13.2 Å². The van der Waals surface area contributed by atoms with Crippen molar-refractivity contribution in [2.45, 2.75) is 45.1 Å². The van der Waals surface area contributed by atoms with E-state index in [1.54, 1.807) is 13.8 Å². The summed E-state index contributed by atoms with van der Waals surface area (Å²) in [6, 6.07) is 0. The number of rotatable bonds is 6. The number of hydroxylamine groups is 2. The summed E-state index contributed by atoms with van der Waals surface area (Å²) in [4.78, 5) is 2.62. The molecule has 1 heterocycles. The maximum atomic E-state index is 12.7. The second-order valence-corrected chi connectivity index (χ2v) is 6.57. The minimum Gasteiger partial charge on any atom is -0.308 e. The Bertz CT molecular complexity index is 377. The molecule has 0 aromatic heterocycles. The van der Waals surface area contributed by atoms with Crippen LogP contribution in [0.2, 0.25) is 0 Å². The molecule has 1 fully saturated rings. The van der Waals surface area contributed by atoms with Gasteiger partial charge in [-0.15, -0.1) is 10.3 Å². The summed E-state index contributed by atoms with van der Waals surface area (Å²) in [5, 5.41) is 14.8. The highest BCUT2D eigenvalue weighted by atomic mass is 31.2. The molecule has 0 bridgehead atoms. The molecule has 2 unspecified atom stereocenters. The van der Waals surface area contributed by atoms with Crippen molar-refractivity contribution in [1.29, 1.82) is 0 Å². The van der Waals surface area contributed by atoms with Crippen molar-refractivity contribution in [1.82, 2.24) is 5.06 Å². The average molecular weight is 277 g/mol. The van der Waals surface area contributed by atoms with Crippen molar-refractivity contribution in [3.8, 4) is 0 Å². The zero-order valence-electron chi connectivity index (χ0n) is 10.8. The van der Waals surface area contributed by atoms with Crippen molar-refractivity contribution in [3.05, 3.63) is 10.4 Å². The quantitative estimate of drug-likeness (QED) is 0.321. The van der Waals surface area contributed by atoms with Gasteiger partial charge in [0, 0.05) is 4.91 Å². The first kappa shape index (κ1) is 15.4. The fraction of sp³-hybridized carbons (Fsp3) is 1.00. The second-order valence-electron chi connectivity index (χ2n) is 4.10. The van der Waals surface area contributed by atoms with Crippen molar-refractivity contribution in [2.24, 2.45) is 5.11 Å². The van der Waals surface area contributed by atoms with E-state index in [4.69, 9.17) is 14.6 Å². The molecule has 1 saturated heterocycles. The first-order valence-electron chi connectivity index (χ1n) is 5.85. The lowest BCUT2D eigenvalue weighted by Crippen LogP contribution is -2.41. The minimum absolute atomic E-state index is 0.187. The van der Waals surface area contributed by atoms with Gasteiger partial charge in [0.2, 0.25) is 0 Å². The molecular formula is C9H18N4O4P. The van der Waals surface area contributed by atoms with Gasteiger partial charge in [0.15, 0.2) is 0 Å². The molecule has 0 saturated carbocycles. The summed E-state index contributed by atoms with van der Waals surface area (Å²) >= 11 is 0. The lowest BCUT2D eigenvalue weighted by atomic mass is 10.2. The van der Waals surface area contributed by atoms with Gasteiger partial charge in [-0.25, -0.2) is 0 Å². The van der Waals surface area contributed by atoms with Crippen LogP contribution in [-0.4, -0.2) is 29.7 Å². The predicted molar refractivity (Wildman–Crippen MR) is 64.0 cm³/mol. The van der Waals surface area contributed by atoms with Gasteiger partial charge in [-0.3, -0.25) is 4.57 Å². The summed E-state index contributed by atoms with van der Waals surface area (Å²) in [6.07, 6.45) is -0.208. The van der Waals surface area contributed by atoms with E-state index in [-0.39, 0.29) is 13.2 Å². The molecule has 2 atom stereocenters. The van der Waals surface area contributed by atoms with Crippen LogP contribution in [0.3, 0.4) is 0 Å². The number of hydrogen-bond acceptors (Lipinski definition) is 5. The van der Waals surface area contributed by atoms with Crippen LogP contribution in [0.5, 0.6) is 0 Å². The topological polar surface area (TPSA) is 107 Å². The molecule has 0 spiro atoms. The van der Waals surface area contributed by atoms with Gasteiger partial charge in [-0.05, 0) is 39.1 Å². The van der Waals surface area contributed by atoms with E-state index in [0.29, 0.717) is 17.9 Å². The van der Waals surface area contributed by atoms with Crippen LogP contribution in [0.4, 0.5) is 0 Å². The fourth-order valence-electron chi connectivity index (χ4n) is 2.03. The average Bonchev–Trinajstić information content (AvgIpc) is 2.60. The first-order valence-corrected chi connectivity index (χ1v) is 7.39. The lowest BCUT2D eigenvalue weighted by molar-refractivity contribution is -0.205. The van der Waals surface area contributed by atoms with E-state index >= 15 is 0 Å². The van der Waals surface area contributed by atoms with E-state index in [0.717, 1.165) is 0 Å². The van der Waals surface area contributed by atoms with Gasteiger partial charge in [0.25, 0.3) is 0 Å².